The van der Waals surface area contributed by atoms with E-state index in [4.69, 9.17) is 9.84 Å². The van der Waals surface area contributed by atoms with Crippen LogP contribution in [-0.4, -0.2) is 39.0 Å². The predicted molar refractivity (Wildman–Crippen MR) is 114 cm³/mol. The van der Waals surface area contributed by atoms with Crippen LogP contribution >= 0.6 is 11.8 Å². The first-order valence-electron chi connectivity index (χ1n) is 9.34. The Hall–Kier alpha value is -3.06. The number of benzene rings is 2. The van der Waals surface area contributed by atoms with Gasteiger partial charge in [0.2, 0.25) is 0 Å². The summed E-state index contributed by atoms with van der Waals surface area (Å²) < 4.78 is 7.17. The average Bonchev–Trinajstić information content (AvgIpc) is 3.39. The van der Waals surface area contributed by atoms with Crippen LogP contribution in [0.2, 0.25) is 0 Å². The molecule has 1 aromatic heterocycles. The van der Waals surface area contributed by atoms with Crippen molar-refractivity contribution in [2.24, 2.45) is 12.1 Å². The first kappa shape index (κ1) is 19.3. The van der Waals surface area contributed by atoms with Crippen LogP contribution in [0.5, 0.6) is 5.75 Å². The lowest BCUT2D eigenvalue weighted by molar-refractivity contribution is -0.130. The number of carbonyl (C=O) groups excluding carboxylic acids is 1. The Morgan fingerprint density at radius 2 is 1.93 bits per heavy atom. The second-order valence-electron chi connectivity index (χ2n) is 6.75. The van der Waals surface area contributed by atoms with Gasteiger partial charge in [-0.15, -0.1) is 0 Å². The number of hydrazone groups is 1. The summed E-state index contributed by atoms with van der Waals surface area (Å²) in [7, 11) is 3.56. The molecule has 7 heteroatoms. The summed E-state index contributed by atoms with van der Waals surface area (Å²) in [5.41, 5.74) is 3.00. The molecule has 0 bridgehead atoms. The highest BCUT2D eigenvalue weighted by molar-refractivity contribution is 7.99. The Morgan fingerprint density at radius 1 is 1.17 bits per heavy atom. The molecule has 0 aliphatic carbocycles. The first-order valence-corrected chi connectivity index (χ1v) is 10.3. The number of hydrogen-bond donors (Lipinski definition) is 0. The van der Waals surface area contributed by atoms with E-state index in [2.05, 4.69) is 4.98 Å². The van der Waals surface area contributed by atoms with Crippen LogP contribution in [0.3, 0.4) is 0 Å². The quantitative estimate of drug-likeness (QED) is 0.583. The maximum atomic E-state index is 13.1. The third-order valence-corrected chi connectivity index (χ3v) is 5.92. The van der Waals surface area contributed by atoms with Crippen molar-refractivity contribution in [2.45, 2.75) is 17.6 Å². The third kappa shape index (κ3) is 4.19. The molecule has 2 aromatic carbocycles. The van der Waals surface area contributed by atoms with E-state index in [1.165, 1.54) is 11.8 Å². The van der Waals surface area contributed by atoms with E-state index in [1.807, 2.05) is 72.4 Å². The molecule has 2 heterocycles. The molecule has 6 nitrogen and oxygen atoms in total. The van der Waals surface area contributed by atoms with Gasteiger partial charge in [0.1, 0.15) is 5.75 Å². The Kier molecular flexibility index (Phi) is 5.67. The summed E-state index contributed by atoms with van der Waals surface area (Å²) in [6.07, 6.45) is 4.28. The molecule has 4 rings (SSSR count). The third-order valence-electron chi connectivity index (χ3n) is 4.88. The van der Waals surface area contributed by atoms with E-state index in [0.29, 0.717) is 6.42 Å². The number of aryl methyl sites for hydroxylation is 1. The van der Waals surface area contributed by atoms with Gasteiger partial charge in [-0.05, 0) is 23.3 Å². The lowest BCUT2D eigenvalue weighted by Crippen LogP contribution is -2.28. The standard InChI is InChI=1S/C22H22N4O2S/c1-25-13-12-23-22(25)29-15-21(27)26-20(17-8-10-18(28-2)11-9-17)14-19(24-26)16-6-4-3-5-7-16/h3-13,20H,14-15H2,1-2H3. The topological polar surface area (TPSA) is 59.7 Å². The van der Waals surface area contributed by atoms with Crippen molar-refractivity contribution in [3.63, 3.8) is 0 Å². The molecular weight excluding hydrogens is 384 g/mol. The van der Waals surface area contributed by atoms with Crippen LogP contribution in [0.1, 0.15) is 23.6 Å². The van der Waals surface area contributed by atoms with E-state index in [9.17, 15) is 4.79 Å². The average molecular weight is 407 g/mol. The molecule has 1 atom stereocenters. The van der Waals surface area contributed by atoms with Gasteiger partial charge in [-0.25, -0.2) is 9.99 Å². The second kappa shape index (κ2) is 8.53. The van der Waals surface area contributed by atoms with Crippen LogP contribution in [0.4, 0.5) is 0 Å². The van der Waals surface area contributed by atoms with Crippen molar-refractivity contribution in [2.75, 3.05) is 12.9 Å². The number of thioether (sulfide) groups is 1. The number of carbonyl (C=O) groups is 1. The number of rotatable bonds is 6. The minimum Gasteiger partial charge on any atom is -0.497 e. The van der Waals surface area contributed by atoms with Gasteiger partial charge in [-0.3, -0.25) is 4.79 Å². The van der Waals surface area contributed by atoms with Crippen molar-refractivity contribution >= 4 is 23.4 Å². The molecule has 148 valence electrons. The van der Waals surface area contributed by atoms with Gasteiger partial charge in [0.25, 0.3) is 5.91 Å². The lowest BCUT2D eigenvalue weighted by atomic mass is 9.98. The number of amides is 1. The van der Waals surface area contributed by atoms with Gasteiger partial charge < -0.3 is 9.30 Å². The molecule has 0 radical (unpaired) electrons. The number of methoxy groups -OCH3 is 1. The molecule has 0 spiro atoms. The summed E-state index contributed by atoms with van der Waals surface area (Å²) in [5.74, 6) is 1.03. The molecule has 1 amide bonds. The normalized spacial score (nSPS) is 16.0. The van der Waals surface area contributed by atoms with E-state index in [1.54, 1.807) is 18.3 Å². The summed E-state index contributed by atoms with van der Waals surface area (Å²) in [6, 6.07) is 17.7. The minimum absolute atomic E-state index is 0.0373. The van der Waals surface area contributed by atoms with E-state index in [-0.39, 0.29) is 17.7 Å². The number of ether oxygens (including phenoxy) is 1. The van der Waals surface area contributed by atoms with Crippen molar-refractivity contribution in [1.82, 2.24) is 14.6 Å². The van der Waals surface area contributed by atoms with E-state index < -0.39 is 0 Å². The minimum atomic E-state index is -0.134. The molecule has 0 saturated carbocycles. The maximum Gasteiger partial charge on any atom is 0.253 e. The van der Waals surface area contributed by atoms with Gasteiger partial charge >= 0.3 is 0 Å². The van der Waals surface area contributed by atoms with Gasteiger partial charge in [0.15, 0.2) is 5.16 Å². The molecular formula is C22H22N4O2S. The van der Waals surface area contributed by atoms with Crippen molar-refractivity contribution in [3.8, 4) is 5.75 Å². The smallest absolute Gasteiger partial charge is 0.253 e. The lowest BCUT2D eigenvalue weighted by Gasteiger charge is -2.22. The molecule has 0 N–H and O–H groups in total. The molecule has 1 unspecified atom stereocenters. The molecule has 1 aliphatic heterocycles. The monoisotopic (exact) mass is 406 g/mol. The number of aromatic nitrogens is 2. The van der Waals surface area contributed by atoms with Crippen molar-refractivity contribution in [1.29, 1.82) is 0 Å². The van der Waals surface area contributed by atoms with Crippen LogP contribution in [-0.2, 0) is 11.8 Å². The summed E-state index contributed by atoms with van der Waals surface area (Å²) in [6.45, 7) is 0. The zero-order chi connectivity index (χ0) is 20.2. The Labute approximate surface area is 174 Å². The molecule has 29 heavy (non-hydrogen) atoms. The molecule has 0 saturated heterocycles. The van der Waals surface area contributed by atoms with Crippen molar-refractivity contribution in [3.05, 3.63) is 78.1 Å². The zero-order valence-electron chi connectivity index (χ0n) is 16.4. The number of nitrogens with zero attached hydrogens (tertiary/aromatic N) is 4. The van der Waals surface area contributed by atoms with Gasteiger partial charge in [-0.1, -0.05) is 54.2 Å². The SMILES string of the molecule is COc1ccc(C2CC(c3ccccc3)=NN2C(=O)CSc2nccn2C)cc1. The fourth-order valence-corrected chi connectivity index (χ4v) is 4.10. The Balaban J connectivity index is 1.58. The van der Waals surface area contributed by atoms with Gasteiger partial charge in [-0.2, -0.15) is 5.10 Å². The predicted octanol–water partition coefficient (Wildman–Crippen LogP) is 3.90. The van der Waals surface area contributed by atoms with Crippen molar-refractivity contribution < 1.29 is 9.53 Å². The number of imidazole rings is 1. The largest absolute Gasteiger partial charge is 0.497 e. The van der Waals surface area contributed by atoms with Gasteiger partial charge in [0.05, 0.1) is 24.6 Å². The highest BCUT2D eigenvalue weighted by atomic mass is 32.2. The van der Waals surface area contributed by atoms with E-state index in [0.717, 1.165) is 27.7 Å². The van der Waals surface area contributed by atoms with E-state index >= 15 is 0 Å². The summed E-state index contributed by atoms with van der Waals surface area (Å²) in [4.78, 5) is 17.4. The highest BCUT2D eigenvalue weighted by Gasteiger charge is 2.33. The second-order valence-corrected chi connectivity index (χ2v) is 7.70. The fourth-order valence-electron chi connectivity index (χ4n) is 3.31. The molecule has 1 aliphatic rings. The fraction of sp³-hybridized carbons (Fsp3) is 0.227. The molecule has 3 aromatic rings. The number of hydrogen-bond acceptors (Lipinski definition) is 5. The maximum absolute atomic E-state index is 13.1. The zero-order valence-corrected chi connectivity index (χ0v) is 17.2. The summed E-state index contributed by atoms with van der Waals surface area (Å²) in [5, 5.41) is 7.15. The van der Waals surface area contributed by atoms with Gasteiger partial charge in [0, 0.05) is 25.9 Å². The van der Waals surface area contributed by atoms with Crippen LogP contribution < -0.4 is 4.74 Å². The van der Waals surface area contributed by atoms with Crippen LogP contribution in [0, 0.1) is 0 Å². The highest BCUT2D eigenvalue weighted by Crippen LogP contribution is 2.34. The Bertz CT molecular complexity index is 1010. The van der Waals surface area contributed by atoms with Crippen LogP contribution in [0.25, 0.3) is 0 Å². The molecule has 0 fully saturated rings. The Morgan fingerprint density at radius 3 is 2.59 bits per heavy atom. The van der Waals surface area contributed by atoms with Crippen LogP contribution in [0.15, 0.2) is 77.2 Å². The first-order chi connectivity index (χ1) is 14.2. The summed E-state index contributed by atoms with van der Waals surface area (Å²) >= 11 is 1.42.